The maximum absolute atomic E-state index is 12.7. The highest BCUT2D eigenvalue weighted by Gasteiger charge is 2.22. The maximum atomic E-state index is 12.7. The third-order valence-corrected chi connectivity index (χ3v) is 7.32. The Kier molecular flexibility index (Phi) is 6.17. The van der Waals surface area contributed by atoms with Gasteiger partial charge in [0.25, 0.3) is 10.0 Å². The van der Waals surface area contributed by atoms with E-state index in [0.29, 0.717) is 16.8 Å². The molecule has 0 saturated carbocycles. The summed E-state index contributed by atoms with van der Waals surface area (Å²) in [6.45, 7) is 4.77. The number of hydrogen-bond donors (Lipinski definition) is 2. The SMILES string of the molecule is CC(=O)Nc1ccc(S(=O)(=O)Nc2cc(S(=O)(=O)N(C)C)cc(C)c2C)cc1. The molecule has 2 N–H and O–H groups in total. The van der Waals surface area contributed by atoms with Crippen LogP contribution in [0.15, 0.2) is 46.2 Å². The molecule has 28 heavy (non-hydrogen) atoms. The summed E-state index contributed by atoms with van der Waals surface area (Å²) in [6.07, 6.45) is 0. The fourth-order valence-electron chi connectivity index (χ4n) is 2.42. The van der Waals surface area contributed by atoms with Crippen LogP contribution in [-0.4, -0.2) is 41.1 Å². The molecule has 0 bridgehead atoms. The predicted octanol–water partition coefficient (Wildman–Crippen LogP) is 2.31. The molecule has 2 aromatic carbocycles. The van der Waals surface area contributed by atoms with E-state index >= 15 is 0 Å². The molecule has 2 rings (SSSR count). The van der Waals surface area contributed by atoms with E-state index in [1.54, 1.807) is 13.8 Å². The number of rotatable bonds is 6. The standard InChI is InChI=1S/C18H23N3O5S2/c1-12-10-17(28(25,26)21(4)5)11-18(13(12)2)20-27(23,24)16-8-6-15(7-9-16)19-14(3)22/h6-11,20H,1-5H3,(H,19,22). The fourth-order valence-corrected chi connectivity index (χ4v) is 4.54. The molecule has 10 heteroatoms. The van der Waals surface area contributed by atoms with Gasteiger partial charge >= 0.3 is 0 Å². The van der Waals surface area contributed by atoms with E-state index in [9.17, 15) is 21.6 Å². The van der Waals surface area contributed by atoms with Gasteiger partial charge in [-0.2, -0.15) is 0 Å². The third kappa shape index (κ3) is 4.70. The predicted molar refractivity (Wildman–Crippen MR) is 108 cm³/mol. The van der Waals surface area contributed by atoms with Gasteiger partial charge in [0.15, 0.2) is 0 Å². The highest BCUT2D eigenvalue weighted by Crippen LogP contribution is 2.27. The number of sulfonamides is 2. The average Bonchev–Trinajstić information content (AvgIpc) is 2.58. The van der Waals surface area contributed by atoms with Crippen LogP contribution in [0.1, 0.15) is 18.1 Å². The van der Waals surface area contributed by atoms with E-state index < -0.39 is 20.0 Å². The second-order valence-electron chi connectivity index (χ2n) is 6.51. The minimum atomic E-state index is -3.95. The molecule has 1 amide bonds. The molecule has 0 saturated heterocycles. The van der Waals surface area contributed by atoms with Crippen LogP contribution in [0.2, 0.25) is 0 Å². The largest absolute Gasteiger partial charge is 0.326 e. The Morgan fingerprint density at radius 1 is 0.929 bits per heavy atom. The Hall–Kier alpha value is -2.43. The highest BCUT2D eigenvalue weighted by atomic mass is 32.2. The van der Waals surface area contributed by atoms with Gasteiger partial charge in [0.1, 0.15) is 0 Å². The number of aryl methyl sites for hydroxylation is 1. The summed E-state index contributed by atoms with van der Waals surface area (Å²) < 4.78 is 53.8. The first-order chi connectivity index (χ1) is 12.8. The third-order valence-electron chi connectivity index (χ3n) is 4.15. The normalized spacial score (nSPS) is 12.1. The summed E-state index contributed by atoms with van der Waals surface area (Å²) in [5.74, 6) is -0.265. The van der Waals surface area contributed by atoms with E-state index in [1.165, 1.54) is 57.4 Å². The number of carbonyl (C=O) groups is 1. The van der Waals surface area contributed by atoms with Crippen LogP contribution in [0.5, 0.6) is 0 Å². The Morgan fingerprint density at radius 2 is 1.50 bits per heavy atom. The molecule has 0 aliphatic heterocycles. The number of amides is 1. The van der Waals surface area contributed by atoms with Crippen LogP contribution in [0.4, 0.5) is 11.4 Å². The van der Waals surface area contributed by atoms with E-state index in [-0.39, 0.29) is 21.4 Å². The Labute approximate surface area is 165 Å². The summed E-state index contributed by atoms with van der Waals surface area (Å²) in [4.78, 5) is 11.1. The highest BCUT2D eigenvalue weighted by molar-refractivity contribution is 7.92. The molecule has 0 heterocycles. The van der Waals surface area contributed by atoms with Crippen molar-refractivity contribution in [3.8, 4) is 0 Å². The Morgan fingerprint density at radius 3 is 2.00 bits per heavy atom. The van der Waals surface area contributed by atoms with E-state index in [4.69, 9.17) is 0 Å². The molecule has 0 aliphatic carbocycles. The zero-order chi connectivity index (χ0) is 21.3. The summed E-state index contributed by atoms with van der Waals surface area (Å²) >= 11 is 0. The summed E-state index contributed by atoms with van der Waals surface area (Å²) in [5, 5.41) is 2.56. The Bertz CT molecular complexity index is 1110. The van der Waals surface area contributed by atoms with Crippen LogP contribution >= 0.6 is 0 Å². The van der Waals surface area contributed by atoms with Gasteiger partial charge in [-0.05, 0) is 61.4 Å². The number of nitrogens with one attached hydrogen (secondary N) is 2. The number of anilines is 2. The summed E-state index contributed by atoms with van der Waals surface area (Å²) in [6, 6.07) is 8.47. The lowest BCUT2D eigenvalue weighted by Crippen LogP contribution is -2.23. The van der Waals surface area contributed by atoms with Crippen molar-refractivity contribution in [1.82, 2.24) is 4.31 Å². The summed E-state index contributed by atoms with van der Waals surface area (Å²) in [7, 11) is -4.85. The molecule has 8 nitrogen and oxygen atoms in total. The van der Waals surface area contributed by atoms with E-state index in [1.807, 2.05) is 0 Å². The number of benzene rings is 2. The first kappa shape index (κ1) is 21.9. The molecule has 152 valence electrons. The van der Waals surface area contributed by atoms with Crippen molar-refractivity contribution < 1.29 is 21.6 Å². The van der Waals surface area contributed by atoms with Crippen LogP contribution in [-0.2, 0) is 24.8 Å². The molecule has 0 aliphatic rings. The zero-order valence-electron chi connectivity index (χ0n) is 16.3. The van der Waals surface area contributed by atoms with Crippen LogP contribution in [0.3, 0.4) is 0 Å². The van der Waals surface area contributed by atoms with Gasteiger partial charge in [-0.1, -0.05) is 0 Å². The van der Waals surface area contributed by atoms with Gasteiger partial charge in [0.05, 0.1) is 15.5 Å². The van der Waals surface area contributed by atoms with Crippen molar-refractivity contribution in [2.75, 3.05) is 24.1 Å². The van der Waals surface area contributed by atoms with Crippen molar-refractivity contribution in [1.29, 1.82) is 0 Å². The fraction of sp³-hybridized carbons (Fsp3) is 0.278. The smallest absolute Gasteiger partial charge is 0.261 e. The molecule has 2 aromatic rings. The first-order valence-electron chi connectivity index (χ1n) is 8.29. The molecule has 0 aromatic heterocycles. The zero-order valence-corrected chi connectivity index (χ0v) is 17.9. The second-order valence-corrected chi connectivity index (χ2v) is 10.3. The van der Waals surface area contributed by atoms with Gasteiger partial charge in [0.2, 0.25) is 15.9 Å². The molecule has 0 fully saturated rings. The monoisotopic (exact) mass is 425 g/mol. The van der Waals surface area contributed by atoms with Crippen molar-refractivity contribution >= 4 is 37.3 Å². The van der Waals surface area contributed by atoms with Crippen LogP contribution in [0, 0.1) is 13.8 Å². The lowest BCUT2D eigenvalue weighted by atomic mass is 10.1. The molecule has 0 atom stereocenters. The number of hydrogen-bond acceptors (Lipinski definition) is 5. The Balaban J connectivity index is 2.43. The van der Waals surface area contributed by atoms with Gasteiger partial charge < -0.3 is 5.32 Å². The van der Waals surface area contributed by atoms with Crippen LogP contribution < -0.4 is 10.0 Å². The quantitative estimate of drug-likeness (QED) is 0.737. The van der Waals surface area contributed by atoms with Gasteiger partial charge in [0, 0.05) is 26.7 Å². The second kappa shape index (κ2) is 7.90. The van der Waals surface area contributed by atoms with Crippen molar-refractivity contribution in [2.24, 2.45) is 0 Å². The molecular formula is C18H23N3O5S2. The number of nitrogens with zero attached hydrogens (tertiary/aromatic N) is 1. The lowest BCUT2D eigenvalue weighted by molar-refractivity contribution is -0.114. The van der Waals surface area contributed by atoms with E-state index in [0.717, 1.165) is 4.31 Å². The van der Waals surface area contributed by atoms with Crippen molar-refractivity contribution in [2.45, 2.75) is 30.6 Å². The topological polar surface area (TPSA) is 113 Å². The number of carbonyl (C=O) groups excluding carboxylic acids is 1. The van der Waals surface area contributed by atoms with Crippen molar-refractivity contribution in [3.05, 3.63) is 47.5 Å². The minimum Gasteiger partial charge on any atom is -0.326 e. The molecule has 0 radical (unpaired) electrons. The molecular weight excluding hydrogens is 402 g/mol. The first-order valence-corrected chi connectivity index (χ1v) is 11.2. The van der Waals surface area contributed by atoms with Gasteiger partial charge in [-0.25, -0.2) is 21.1 Å². The van der Waals surface area contributed by atoms with Crippen molar-refractivity contribution in [3.63, 3.8) is 0 Å². The van der Waals surface area contributed by atoms with Gasteiger partial charge in [-0.15, -0.1) is 0 Å². The molecule has 0 unspecified atom stereocenters. The summed E-state index contributed by atoms with van der Waals surface area (Å²) in [5.41, 5.74) is 1.92. The minimum absolute atomic E-state index is 0.000642. The van der Waals surface area contributed by atoms with Gasteiger partial charge in [-0.3, -0.25) is 9.52 Å². The average molecular weight is 426 g/mol. The van der Waals surface area contributed by atoms with E-state index in [2.05, 4.69) is 10.0 Å². The molecule has 0 spiro atoms. The van der Waals surface area contributed by atoms with Crippen LogP contribution in [0.25, 0.3) is 0 Å². The maximum Gasteiger partial charge on any atom is 0.261 e. The lowest BCUT2D eigenvalue weighted by Gasteiger charge is -2.17.